The summed E-state index contributed by atoms with van der Waals surface area (Å²) in [6.07, 6.45) is 5.93. The zero-order chi connectivity index (χ0) is 19.3. The number of guanidine groups is 1. The lowest BCUT2D eigenvalue weighted by Crippen LogP contribution is -2.42. The number of carbonyl (C=O) groups excluding carboxylic acids is 1. The summed E-state index contributed by atoms with van der Waals surface area (Å²) in [5, 5.41) is 6.86. The molecule has 1 aromatic carbocycles. The molecule has 1 aromatic rings. The number of aliphatic imine (C=N–C) groups is 1. The van der Waals surface area contributed by atoms with Crippen LogP contribution >= 0.6 is 0 Å². The lowest BCUT2D eigenvalue weighted by molar-refractivity contribution is -0.140. The van der Waals surface area contributed by atoms with Crippen LogP contribution in [0, 0.1) is 0 Å². The molecule has 0 aliphatic carbocycles. The summed E-state index contributed by atoms with van der Waals surface area (Å²) in [5.41, 5.74) is 1.35. The van der Waals surface area contributed by atoms with Crippen LogP contribution in [0.25, 0.3) is 0 Å². The molecule has 1 aliphatic rings. The molecule has 0 bridgehead atoms. The Morgan fingerprint density at radius 3 is 2.56 bits per heavy atom. The number of methoxy groups -OCH3 is 1. The highest BCUT2D eigenvalue weighted by Gasteiger charge is 2.23. The van der Waals surface area contributed by atoms with Crippen molar-refractivity contribution in [2.24, 2.45) is 4.99 Å². The Bertz CT molecular complexity index is 571. The fourth-order valence-electron chi connectivity index (χ4n) is 3.48. The van der Waals surface area contributed by atoms with Crippen LogP contribution in [0.15, 0.2) is 35.3 Å². The van der Waals surface area contributed by atoms with E-state index in [1.54, 1.807) is 7.05 Å². The monoisotopic (exact) mass is 374 g/mol. The molecule has 2 rings (SSSR count). The predicted molar refractivity (Wildman–Crippen MR) is 110 cm³/mol. The van der Waals surface area contributed by atoms with Gasteiger partial charge in [0, 0.05) is 26.6 Å². The van der Waals surface area contributed by atoms with E-state index in [4.69, 9.17) is 0 Å². The first-order valence-corrected chi connectivity index (χ1v) is 10.0. The Morgan fingerprint density at radius 2 is 1.89 bits per heavy atom. The number of likely N-dealkylation sites (tertiary alicyclic amines) is 1. The number of ether oxygens (including phenoxy) is 1. The summed E-state index contributed by atoms with van der Waals surface area (Å²) in [6.45, 7) is 4.01. The van der Waals surface area contributed by atoms with Gasteiger partial charge in [-0.15, -0.1) is 0 Å². The first-order chi connectivity index (χ1) is 13.2. The predicted octanol–water partition coefficient (Wildman–Crippen LogP) is 2.72. The minimum Gasteiger partial charge on any atom is -0.469 e. The highest BCUT2D eigenvalue weighted by molar-refractivity contribution is 5.79. The van der Waals surface area contributed by atoms with Crippen molar-refractivity contribution < 1.29 is 9.53 Å². The van der Waals surface area contributed by atoms with E-state index in [1.807, 2.05) is 0 Å². The number of carbonyl (C=O) groups is 1. The van der Waals surface area contributed by atoms with E-state index in [9.17, 15) is 4.79 Å². The molecule has 0 spiro atoms. The van der Waals surface area contributed by atoms with E-state index < -0.39 is 0 Å². The normalized spacial score (nSPS) is 16.1. The van der Waals surface area contributed by atoms with Gasteiger partial charge in [0.25, 0.3) is 0 Å². The molecule has 27 heavy (non-hydrogen) atoms. The number of benzene rings is 1. The highest BCUT2D eigenvalue weighted by Crippen LogP contribution is 2.24. The van der Waals surface area contributed by atoms with Crippen LogP contribution in [0.5, 0.6) is 0 Å². The van der Waals surface area contributed by atoms with Gasteiger partial charge < -0.3 is 15.4 Å². The van der Waals surface area contributed by atoms with Gasteiger partial charge in [0.2, 0.25) is 0 Å². The lowest BCUT2D eigenvalue weighted by atomic mass is 10.1. The molecule has 0 radical (unpaired) electrons. The van der Waals surface area contributed by atoms with Gasteiger partial charge >= 0.3 is 5.97 Å². The quantitative estimate of drug-likeness (QED) is 0.285. The zero-order valence-electron chi connectivity index (χ0n) is 16.7. The van der Waals surface area contributed by atoms with Crippen LogP contribution in [0.3, 0.4) is 0 Å². The van der Waals surface area contributed by atoms with Gasteiger partial charge in [-0.05, 0) is 44.3 Å². The van der Waals surface area contributed by atoms with Gasteiger partial charge in [0.05, 0.1) is 13.2 Å². The minimum atomic E-state index is -0.130. The van der Waals surface area contributed by atoms with Crippen LogP contribution in [0.4, 0.5) is 0 Å². The van der Waals surface area contributed by atoms with Gasteiger partial charge in [-0.25, -0.2) is 0 Å². The molecule has 1 aliphatic heterocycles. The smallest absolute Gasteiger partial charge is 0.305 e. The van der Waals surface area contributed by atoms with E-state index in [0.717, 1.165) is 51.4 Å². The van der Waals surface area contributed by atoms with E-state index >= 15 is 0 Å². The maximum atomic E-state index is 11.1. The summed E-state index contributed by atoms with van der Waals surface area (Å²) < 4.78 is 4.66. The van der Waals surface area contributed by atoms with Crippen molar-refractivity contribution in [3.8, 4) is 0 Å². The lowest BCUT2D eigenvalue weighted by Gasteiger charge is -2.29. The number of hydrogen-bond acceptors (Lipinski definition) is 4. The van der Waals surface area contributed by atoms with Crippen molar-refractivity contribution >= 4 is 11.9 Å². The molecule has 0 amide bonds. The number of rotatable bonds is 10. The van der Waals surface area contributed by atoms with Crippen molar-refractivity contribution in [1.82, 2.24) is 15.5 Å². The van der Waals surface area contributed by atoms with Crippen molar-refractivity contribution in [2.75, 3.05) is 40.3 Å². The van der Waals surface area contributed by atoms with Crippen molar-refractivity contribution in [1.29, 1.82) is 0 Å². The number of nitrogens with zero attached hydrogens (tertiary/aromatic N) is 2. The number of unbranched alkanes of at least 4 members (excludes halogenated alkanes) is 2. The molecule has 1 unspecified atom stereocenters. The fourth-order valence-corrected chi connectivity index (χ4v) is 3.48. The van der Waals surface area contributed by atoms with Crippen LogP contribution in [-0.4, -0.2) is 57.2 Å². The molecule has 6 nitrogen and oxygen atoms in total. The standard InChI is InChI=1S/C21H34N4O2/c1-22-21(23-14-8-4-7-13-20(26)27-2)24-17-19(25-15-9-10-16-25)18-11-5-3-6-12-18/h3,5-6,11-12,19H,4,7-10,13-17H2,1-2H3,(H2,22,23,24). The molecule has 6 heteroatoms. The SMILES string of the molecule is CN=C(NCCCCCC(=O)OC)NCC(c1ccccc1)N1CCCC1. The third-order valence-corrected chi connectivity index (χ3v) is 5.03. The maximum Gasteiger partial charge on any atom is 0.305 e. The van der Waals surface area contributed by atoms with E-state index in [-0.39, 0.29) is 5.97 Å². The van der Waals surface area contributed by atoms with Crippen LogP contribution < -0.4 is 10.6 Å². The number of hydrogen-bond donors (Lipinski definition) is 2. The second-order valence-electron chi connectivity index (χ2n) is 6.94. The summed E-state index contributed by atoms with van der Waals surface area (Å²) in [4.78, 5) is 18.0. The number of nitrogens with one attached hydrogen (secondary N) is 2. The third-order valence-electron chi connectivity index (χ3n) is 5.03. The Morgan fingerprint density at radius 1 is 1.15 bits per heavy atom. The first-order valence-electron chi connectivity index (χ1n) is 10.0. The highest BCUT2D eigenvalue weighted by atomic mass is 16.5. The molecule has 150 valence electrons. The Kier molecular flexibility index (Phi) is 9.69. The summed E-state index contributed by atoms with van der Waals surface area (Å²) in [6, 6.07) is 11.1. The van der Waals surface area contributed by atoms with Crippen molar-refractivity contribution in [3.05, 3.63) is 35.9 Å². The topological polar surface area (TPSA) is 66.0 Å². The average Bonchev–Trinajstić information content (AvgIpc) is 3.24. The van der Waals surface area contributed by atoms with Gasteiger partial charge in [-0.3, -0.25) is 14.7 Å². The van der Waals surface area contributed by atoms with Crippen LogP contribution in [0.2, 0.25) is 0 Å². The molecule has 0 saturated carbocycles. The van der Waals surface area contributed by atoms with E-state index in [0.29, 0.717) is 12.5 Å². The summed E-state index contributed by atoms with van der Waals surface area (Å²) in [5.74, 6) is 0.706. The minimum absolute atomic E-state index is 0.130. The third kappa shape index (κ3) is 7.59. The average molecular weight is 375 g/mol. The zero-order valence-corrected chi connectivity index (χ0v) is 16.7. The molecular formula is C21H34N4O2. The molecule has 1 heterocycles. The Labute approximate surface area is 163 Å². The van der Waals surface area contributed by atoms with Crippen LogP contribution in [-0.2, 0) is 9.53 Å². The molecule has 1 atom stereocenters. The molecule has 1 fully saturated rings. The van der Waals surface area contributed by atoms with E-state index in [1.165, 1.54) is 25.5 Å². The molecular weight excluding hydrogens is 340 g/mol. The first kappa shape index (κ1) is 21.2. The van der Waals surface area contributed by atoms with Crippen molar-refractivity contribution in [2.45, 2.75) is 44.6 Å². The second-order valence-corrected chi connectivity index (χ2v) is 6.94. The van der Waals surface area contributed by atoms with Crippen LogP contribution in [0.1, 0.15) is 50.1 Å². The molecule has 2 N–H and O–H groups in total. The number of esters is 1. The van der Waals surface area contributed by atoms with Gasteiger partial charge in [0.1, 0.15) is 0 Å². The molecule has 1 saturated heterocycles. The Balaban J connectivity index is 1.74. The fraction of sp³-hybridized carbons (Fsp3) is 0.619. The summed E-state index contributed by atoms with van der Waals surface area (Å²) in [7, 11) is 3.24. The largest absolute Gasteiger partial charge is 0.469 e. The Hall–Kier alpha value is -2.08. The molecule has 0 aromatic heterocycles. The van der Waals surface area contributed by atoms with Gasteiger partial charge in [0.15, 0.2) is 5.96 Å². The second kappa shape index (κ2) is 12.3. The van der Waals surface area contributed by atoms with E-state index in [2.05, 4.69) is 55.6 Å². The van der Waals surface area contributed by atoms with Gasteiger partial charge in [-0.1, -0.05) is 36.8 Å². The van der Waals surface area contributed by atoms with Gasteiger partial charge in [-0.2, -0.15) is 0 Å². The maximum absolute atomic E-state index is 11.1. The van der Waals surface area contributed by atoms with Crippen molar-refractivity contribution in [3.63, 3.8) is 0 Å². The summed E-state index contributed by atoms with van der Waals surface area (Å²) >= 11 is 0.